The van der Waals surface area contributed by atoms with Gasteiger partial charge in [0.2, 0.25) is 5.91 Å². The van der Waals surface area contributed by atoms with Crippen molar-refractivity contribution in [2.75, 3.05) is 26.3 Å². The molecule has 1 unspecified atom stereocenters. The van der Waals surface area contributed by atoms with Gasteiger partial charge in [0, 0.05) is 31.0 Å². The molecule has 3 fully saturated rings. The molecule has 4 nitrogen and oxygen atoms in total. The lowest BCUT2D eigenvalue weighted by molar-refractivity contribution is -0.204. The van der Waals surface area contributed by atoms with E-state index < -0.39 is 5.79 Å². The summed E-state index contributed by atoms with van der Waals surface area (Å²) in [4.78, 5) is 14.6. The largest absolute Gasteiger partial charge is 0.347 e. The fourth-order valence-corrected chi connectivity index (χ4v) is 3.82. The summed E-state index contributed by atoms with van der Waals surface area (Å²) < 4.78 is 11.8. The lowest BCUT2D eigenvalue weighted by Crippen LogP contribution is -2.47. The highest BCUT2D eigenvalue weighted by molar-refractivity contribution is 5.93. The van der Waals surface area contributed by atoms with E-state index in [0.717, 1.165) is 51.6 Å². The maximum absolute atomic E-state index is 12.7. The van der Waals surface area contributed by atoms with Crippen LogP contribution >= 0.6 is 0 Å². The van der Waals surface area contributed by atoms with Crippen LogP contribution in [0.4, 0.5) is 0 Å². The third kappa shape index (κ3) is 2.51. The zero-order chi connectivity index (χ0) is 14.0. The highest BCUT2D eigenvalue weighted by Crippen LogP contribution is 2.44. The molecule has 3 aliphatic rings. The Morgan fingerprint density at radius 1 is 1.05 bits per heavy atom. The molecule has 4 heteroatoms. The molecule has 1 aliphatic carbocycles. The first-order valence-electron chi connectivity index (χ1n) is 7.99. The van der Waals surface area contributed by atoms with Gasteiger partial charge in [0.15, 0.2) is 5.79 Å². The van der Waals surface area contributed by atoms with Gasteiger partial charge in [-0.15, -0.1) is 0 Å². The molecule has 1 saturated carbocycles. The smallest absolute Gasteiger partial charge is 0.249 e. The minimum absolute atomic E-state index is 0.0353. The van der Waals surface area contributed by atoms with Gasteiger partial charge in [0.25, 0.3) is 0 Å². The van der Waals surface area contributed by atoms with E-state index in [0.29, 0.717) is 18.8 Å². The van der Waals surface area contributed by atoms with E-state index in [-0.39, 0.29) is 11.8 Å². The molecule has 2 saturated heterocycles. The molecule has 1 amide bonds. The Kier molecular flexibility index (Phi) is 4.13. The van der Waals surface area contributed by atoms with Gasteiger partial charge >= 0.3 is 0 Å². The number of hydrogen-bond donors (Lipinski definition) is 0. The maximum Gasteiger partial charge on any atom is 0.249 e. The van der Waals surface area contributed by atoms with Crippen LogP contribution in [0.5, 0.6) is 0 Å². The minimum atomic E-state index is -0.555. The zero-order valence-electron chi connectivity index (χ0n) is 12.2. The predicted octanol–water partition coefficient (Wildman–Crippen LogP) is 2.49. The molecule has 2 heterocycles. The molecule has 0 N–H and O–H groups in total. The lowest BCUT2D eigenvalue weighted by atomic mass is 9.78. The maximum atomic E-state index is 12.7. The van der Waals surface area contributed by atoms with E-state index in [1.54, 1.807) is 0 Å². The monoisotopic (exact) mass is 279 g/mol. The molecule has 20 heavy (non-hydrogen) atoms. The van der Waals surface area contributed by atoms with Gasteiger partial charge in [-0.3, -0.25) is 4.79 Å². The second-order valence-electron chi connectivity index (χ2n) is 6.19. The van der Waals surface area contributed by atoms with Gasteiger partial charge < -0.3 is 14.4 Å². The average Bonchev–Trinajstić information content (AvgIpc) is 2.96. The number of rotatable bonds is 2. The molecule has 0 radical (unpaired) electrons. The van der Waals surface area contributed by atoms with Crippen molar-refractivity contribution in [3.05, 3.63) is 12.2 Å². The first-order valence-corrected chi connectivity index (χ1v) is 7.99. The van der Waals surface area contributed by atoms with Crippen LogP contribution in [-0.2, 0) is 14.3 Å². The topological polar surface area (TPSA) is 38.8 Å². The number of ether oxygens (including phenoxy) is 2. The normalized spacial score (nSPS) is 29.6. The number of nitrogens with zero attached hydrogens (tertiary/aromatic N) is 1. The van der Waals surface area contributed by atoms with Crippen molar-refractivity contribution < 1.29 is 14.3 Å². The molecule has 1 spiro atoms. The summed E-state index contributed by atoms with van der Waals surface area (Å²) >= 11 is 0. The van der Waals surface area contributed by atoms with Crippen LogP contribution in [0.3, 0.4) is 0 Å². The number of carbonyl (C=O) groups is 1. The Labute approximate surface area is 121 Å². The molecule has 0 aromatic carbocycles. The average molecular weight is 279 g/mol. The molecule has 3 rings (SSSR count). The number of likely N-dealkylation sites (tertiary alicyclic amines) is 1. The quantitative estimate of drug-likeness (QED) is 0.729. The molecule has 112 valence electrons. The Morgan fingerprint density at radius 3 is 2.45 bits per heavy atom. The summed E-state index contributed by atoms with van der Waals surface area (Å²) in [5.41, 5.74) is 0.702. The standard InChI is InChI=1S/C16H25NO3/c1-13(15(18)17-9-5-2-6-10-17)14-7-3-4-8-16(14)19-11-12-20-16/h14H,1-12H2. The van der Waals surface area contributed by atoms with Crippen LogP contribution in [-0.4, -0.2) is 42.9 Å². The van der Waals surface area contributed by atoms with E-state index in [1.165, 1.54) is 6.42 Å². The van der Waals surface area contributed by atoms with Crippen molar-refractivity contribution in [3.63, 3.8) is 0 Å². The van der Waals surface area contributed by atoms with Gasteiger partial charge in [-0.1, -0.05) is 13.0 Å². The van der Waals surface area contributed by atoms with Crippen LogP contribution in [0.15, 0.2) is 12.2 Å². The Bertz CT molecular complexity index is 381. The van der Waals surface area contributed by atoms with Crippen LogP contribution in [0.1, 0.15) is 44.9 Å². The molecular formula is C16H25NO3. The molecule has 0 bridgehead atoms. The number of amides is 1. The van der Waals surface area contributed by atoms with Gasteiger partial charge in [-0.05, 0) is 32.1 Å². The number of piperidine rings is 1. The molecule has 1 atom stereocenters. The van der Waals surface area contributed by atoms with Crippen molar-refractivity contribution in [1.29, 1.82) is 0 Å². The predicted molar refractivity (Wildman–Crippen MR) is 76.2 cm³/mol. The van der Waals surface area contributed by atoms with Crippen LogP contribution in [0.2, 0.25) is 0 Å². The Morgan fingerprint density at radius 2 is 1.75 bits per heavy atom. The van der Waals surface area contributed by atoms with Crippen molar-refractivity contribution in [1.82, 2.24) is 4.90 Å². The van der Waals surface area contributed by atoms with E-state index in [9.17, 15) is 4.79 Å². The first-order chi connectivity index (χ1) is 9.73. The Hall–Kier alpha value is -0.870. The highest BCUT2D eigenvalue weighted by Gasteiger charge is 2.48. The summed E-state index contributed by atoms with van der Waals surface area (Å²) in [7, 11) is 0. The summed E-state index contributed by atoms with van der Waals surface area (Å²) in [5, 5.41) is 0. The third-order valence-corrected chi connectivity index (χ3v) is 4.91. The van der Waals surface area contributed by atoms with Crippen molar-refractivity contribution in [3.8, 4) is 0 Å². The van der Waals surface area contributed by atoms with Crippen LogP contribution < -0.4 is 0 Å². The van der Waals surface area contributed by atoms with E-state index in [1.807, 2.05) is 4.90 Å². The van der Waals surface area contributed by atoms with Gasteiger partial charge in [-0.25, -0.2) is 0 Å². The van der Waals surface area contributed by atoms with Crippen LogP contribution in [0, 0.1) is 5.92 Å². The van der Waals surface area contributed by atoms with Gasteiger partial charge in [0.1, 0.15) is 0 Å². The van der Waals surface area contributed by atoms with Gasteiger partial charge in [0.05, 0.1) is 13.2 Å². The summed E-state index contributed by atoms with van der Waals surface area (Å²) in [6, 6.07) is 0. The van der Waals surface area contributed by atoms with Gasteiger partial charge in [-0.2, -0.15) is 0 Å². The first kappa shape index (κ1) is 14.1. The second kappa shape index (κ2) is 5.86. The lowest BCUT2D eigenvalue weighted by Gasteiger charge is -2.41. The van der Waals surface area contributed by atoms with Crippen molar-refractivity contribution in [2.24, 2.45) is 5.92 Å². The van der Waals surface area contributed by atoms with E-state index in [2.05, 4.69) is 6.58 Å². The molecular weight excluding hydrogens is 254 g/mol. The van der Waals surface area contributed by atoms with E-state index in [4.69, 9.17) is 9.47 Å². The minimum Gasteiger partial charge on any atom is -0.347 e. The molecule has 0 aromatic heterocycles. The fraction of sp³-hybridized carbons (Fsp3) is 0.812. The molecule has 2 aliphatic heterocycles. The Balaban J connectivity index is 1.72. The third-order valence-electron chi connectivity index (χ3n) is 4.91. The zero-order valence-corrected chi connectivity index (χ0v) is 12.2. The van der Waals surface area contributed by atoms with E-state index >= 15 is 0 Å². The summed E-state index contributed by atoms with van der Waals surface area (Å²) in [6.07, 6.45) is 7.55. The second-order valence-corrected chi connectivity index (χ2v) is 6.19. The number of carbonyl (C=O) groups excluding carboxylic acids is 1. The van der Waals surface area contributed by atoms with Crippen molar-refractivity contribution in [2.45, 2.75) is 50.7 Å². The molecule has 0 aromatic rings. The SMILES string of the molecule is C=C(C(=O)N1CCCCC1)C1CCCCC12OCCO2. The highest BCUT2D eigenvalue weighted by atomic mass is 16.7. The summed E-state index contributed by atoms with van der Waals surface area (Å²) in [5.74, 6) is -0.399. The van der Waals surface area contributed by atoms with Crippen LogP contribution in [0.25, 0.3) is 0 Å². The van der Waals surface area contributed by atoms with Crippen molar-refractivity contribution >= 4 is 5.91 Å². The summed E-state index contributed by atoms with van der Waals surface area (Å²) in [6.45, 7) is 7.15. The number of hydrogen-bond acceptors (Lipinski definition) is 3. The fourth-order valence-electron chi connectivity index (χ4n) is 3.82.